The van der Waals surface area contributed by atoms with Gasteiger partial charge in [-0.05, 0) is 12.0 Å². The van der Waals surface area contributed by atoms with Crippen molar-refractivity contribution >= 4 is 21.9 Å². The van der Waals surface area contributed by atoms with E-state index in [9.17, 15) is 0 Å². The Balaban J connectivity index is 2.46. The average Bonchev–Trinajstić information content (AvgIpc) is 2.75. The predicted octanol–water partition coefficient (Wildman–Crippen LogP) is 4.15. The van der Waals surface area contributed by atoms with Gasteiger partial charge in [0.15, 0.2) is 0 Å². The van der Waals surface area contributed by atoms with Crippen LogP contribution in [0.15, 0.2) is 34.7 Å². The van der Waals surface area contributed by atoms with E-state index in [0.717, 1.165) is 11.2 Å². The Kier molecular flexibility index (Phi) is 1.41. The van der Waals surface area contributed by atoms with Crippen LogP contribution in [-0.4, -0.2) is 0 Å². The molecule has 1 nitrogen and oxygen atoms in total. The van der Waals surface area contributed by atoms with E-state index >= 15 is 0 Å². The standard InChI is InChI=1S/C13H12O/c1-8(2)11-7-12-9-5-3-4-6-10(9)13(11)14-12/h3-8H,1-2H3. The number of benzene rings is 2. The third kappa shape index (κ3) is 0.844. The lowest BCUT2D eigenvalue weighted by Crippen LogP contribution is -1.84. The van der Waals surface area contributed by atoms with Crippen molar-refractivity contribution in [3.8, 4) is 0 Å². The molecule has 70 valence electrons. The highest BCUT2D eigenvalue weighted by molar-refractivity contribution is 6.08. The molecule has 3 aromatic rings. The molecule has 0 N–H and O–H groups in total. The molecule has 1 heteroatoms. The van der Waals surface area contributed by atoms with E-state index < -0.39 is 0 Å². The molecule has 2 aromatic heterocycles. The van der Waals surface area contributed by atoms with Gasteiger partial charge in [0, 0.05) is 16.3 Å². The monoisotopic (exact) mass is 184 g/mol. The Bertz CT molecular complexity index is 574. The minimum atomic E-state index is 0.538. The highest BCUT2D eigenvalue weighted by atomic mass is 16.3. The predicted molar refractivity (Wildman–Crippen MR) is 59.0 cm³/mol. The molecule has 0 atom stereocenters. The third-order valence-electron chi connectivity index (χ3n) is 2.82. The largest absolute Gasteiger partial charge is 0.456 e. The van der Waals surface area contributed by atoms with Crippen LogP contribution in [0.4, 0.5) is 0 Å². The zero-order valence-corrected chi connectivity index (χ0v) is 8.37. The molecule has 2 bridgehead atoms. The minimum absolute atomic E-state index is 0.538. The SMILES string of the molecule is CC(C)c1cc2oc1c1ccccc21. The van der Waals surface area contributed by atoms with Crippen molar-refractivity contribution in [3.05, 3.63) is 35.9 Å². The summed E-state index contributed by atoms with van der Waals surface area (Å²) in [6, 6.07) is 10.5. The van der Waals surface area contributed by atoms with Gasteiger partial charge in [0.1, 0.15) is 11.2 Å². The number of hydrogen-bond acceptors (Lipinski definition) is 1. The van der Waals surface area contributed by atoms with Gasteiger partial charge in [0.2, 0.25) is 0 Å². The van der Waals surface area contributed by atoms with Crippen molar-refractivity contribution in [2.24, 2.45) is 0 Å². The Morgan fingerprint density at radius 1 is 1.07 bits per heavy atom. The van der Waals surface area contributed by atoms with Gasteiger partial charge in [-0.1, -0.05) is 38.1 Å². The van der Waals surface area contributed by atoms with Crippen LogP contribution >= 0.6 is 0 Å². The molecule has 0 amide bonds. The first kappa shape index (κ1) is 7.86. The smallest absolute Gasteiger partial charge is 0.139 e. The van der Waals surface area contributed by atoms with E-state index in [1.54, 1.807) is 0 Å². The molecule has 0 aliphatic heterocycles. The molecule has 0 spiro atoms. The van der Waals surface area contributed by atoms with Gasteiger partial charge in [-0.2, -0.15) is 0 Å². The first-order valence-corrected chi connectivity index (χ1v) is 5.01. The summed E-state index contributed by atoms with van der Waals surface area (Å²) in [6.07, 6.45) is 0. The maximum absolute atomic E-state index is 5.76. The Labute approximate surface area is 82.7 Å². The lowest BCUT2D eigenvalue weighted by molar-refractivity contribution is 0.673. The lowest BCUT2D eigenvalue weighted by Gasteiger charge is -2.01. The first-order valence-electron chi connectivity index (χ1n) is 5.01. The zero-order valence-electron chi connectivity index (χ0n) is 8.37. The molecule has 0 fully saturated rings. The topological polar surface area (TPSA) is 13.1 Å². The van der Waals surface area contributed by atoms with E-state index in [1.807, 2.05) is 0 Å². The lowest BCUT2D eigenvalue weighted by atomic mass is 9.99. The second-order valence-corrected chi connectivity index (χ2v) is 4.10. The van der Waals surface area contributed by atoms with E-state index in [-0.39, 0.29) is 0 Å². The summed E-state index contributed by atoms with van der Waals surface area (Å²) in [5.41, 5.74) is 3.43. The van der Waals surface area contributed by atoms with Crippen molar-refractivity contribution in [2.45, 2.75) is 19.8 Å². The van der Waals surface area contributed by atoms with E-state index in [1.165, 1.54) is 16.3 Å². The summed E-state index contributed by atoms with van der Waals surface area (Å²) >= 11 is 0. The van der Waals surface area contributed by atoms with Gasteiger partial charge in [0.05, 0.1) is 0 Å². The summed E-state index contributed by atoms with van der Waals surface area (Å²) in [4.78, 5) is 0. The maximum atomic E-state index is 5.76. The molecule has 0 radical (unpaired) electrons. The van der Waals surface area contributed by atoms with Gasteiger partial charge in [0.25, 0.3) is 0 Å². The molecular formula is C13H12O. The van der Waals surface area contributed by atoms with Crippen LogP contribution in [0.1, 0.15) is 25.3 Å². The number of furan rings is 2. The molecule has 1 aromatic carbocycles. The van der Waals surface area contributed by atoms with Gasteiger partial charge >= 0.3 is 0 Å². The van der Waals surface area contributed by atoms with Crippen molar-refractivity contribution in [3.63, 3.8) is 0 Å². The van der Waals surface area contributed by atoms with Crippen molar-refractivity contribution in [1.82, 2.24) is 0 Å². The van der Waals surface area contributed by atoms with Crippen molar-refractivity contribution in [2.75, 3.05) is 0 Å². The van der Waals surface area contributed by atoms with E-state index in [2.05, 4.69) is 44.2 Å². The fraction of sp³-hybridized carbons (Fsp3) is 0.231. The fourth-order valence-corrected chi connectivity index (χ4v) is 2.07. The maximum Gasteiger partial charge on any atom is 0.139 e. The van der Waals surface area contributed by atoms with E-state index in [0.29, 0.717) is 5.92 Å². The molecule has 3 rings (SSSR count). The summed E-state index contributed by atoms with van der Waals surface area (Å²) in [7, 11) is 0. The van der Waals surface area contributed by atoms with Gasteiger partial charge < -0.3 is 4.42 Å². The Morgan fingerprint density at radius 3 is 2.50 bits per heavy atom. The third-order valence-corrected chi connectivity index (χ3v) is 2.82. The van der Waals surface area contributed by atoms with Crippen LogP contribution in [0.5, 0.6) is 0 Å². The number of fused-ring (bicyclic) bond motifs is 5. The molecular weight excluding hydrogens is 172 g/mol. The highest BCUT2D eigenvalue weighted by Crippen LogP contribution is 2.37. The molecule has 14 heavy (non-hydrogen) atoms. The molecule has 0 unspecified atom stereocenters. The second-order valence-electron chi connectivity index (χ2n) is 4.10. The highest BCUT2D eigenvalue weighted by Gasteiger charge is 2.16. The zero-order chi connectivity index (χ0) is 9.71. The van der Waals surface area contributed by atoms with Crippen LogP contribution < -0.4 is 0 Å². The molecule has 0 saturated heterocycles. The van der Waals surface area contributed by atoms with Gasteiger partial charge in [-0.15, -0.1) is 0 Å². The molecule has 0 saturated carbocycles. The first-order chi connectivity index (χ1) is 6.77. The van der Waals surface area contributed by atoms with Crippen LogP contribution in [0, 0.1) is 0 Å². The molecule has 0 aliphatic carbocycles. The summed E-state index contributed by atoms with van der Waals surface area (Å²) in [5.74, 6) is 0.538. The van der Waals surface area contributed by atoms with Gasteiger partial charge in [-0.3, -0.25) is 0 Å². The van der Waals surface area contributed by atoms with Crippen LogP contribution in [-0.2, 0) is 0 Å². The number of rotatable bonds is 1. The quantitative estimate of drug-likeness (QED) is 0.553. The van der Waals surface area contributed by atoms with Crippen LogP contribution in [0.25, 0.3) is 21.9 Å². The van der Waals surface area contributed by atoms with E-state index in [4.69, 9.17) is 4.42 Å². The van der Waals surface area contributed by atoms with Gasteiger partial charge in [-0.25, -0.2) is 0 Å². The molecule has 0 aliphatic rings. The minimum Gasteiger partial charge on any atom is -0.456 e. The molecule has 2 heterocycles. The van der Waals surface area contributed by atoms with Crippen molar-refractivity contribution < 1.29 is 4.42 Å². The van der Waals surface area contributed by atoms with Crippen molar-refractivity contribution in [1.29, 1.82) is 0 Å². The summed E-state index contributed by atoms with van der Waals surface area (Å²) in [5, 5.41) is 2.50. The summed E-state index contributed by atoms with van der Waals surface area (Å²) < 4.78 is 5.76. The summed E-state index contributed by atoms with van der Waals surface area (Å²) in [6.45, 7) is 4.40. The Hall–Kier alpha value is -1.50. The van der Waals surface area contributed by atoms with Crippen LogP contribution in [0.2, 0.25) is 0 Å². The van der Waals surface area contributed by atoms with Crippen LogP contribution in [0.3, 0.4) is 0 Å². The average molecular weight is 184 g/mol. The number of hydrogen-bond donors (Lipinski definition) is 0. The Morgan fingerprint density at radius 2 is 1.79 bits per heavy atom. The normalized spacial score (nSPS) is 12.2. The second kappa shape index (κ2) is 2.50. The fourth-order valence-electron chi connectivity index (χ4n) is 2.07.